The van der Waals surface area contributed by atoms with Gasteiger partial charge in [0.05, 0.1) is 11.9 Å². The van der Waals surface area contributed by atoms with Gasteiger partial charge in [-0.25, -0.2) is 4.68 Å². The maximum absolute atomic E-state index is 11.7. The van der Waals surface area contributed by atoms with Crippen LogP contribution in [0.1, 0.15) is 12.8 Å². The van der Waals surface area contributed by atoms with Crippen molar-refractivity contribution in [2.45, 2.75) is 12.8 Å². The molecule has 0 atom stereocenters. The van der Waals surface area contributed by atoms with Gasteiger partial charge in [0.25, 0.3) is 5.56 Å². The molecule has 0 spiro atoms. The predicted molar refractivity (Wildman–Crippen MR) is 68.6 cm³/mol. The first-order chi connectivity index (χ1) is 8.50. The Morgan fingerprint density at radius 3 is 2.67 bits per heavy atom. The van der Waals surface area contributed by atoms with Crippen LogP contribution in [0.25, 0.3) is 0 Å². The summed E-state index contributed by atoms with van der Waals surface area (Å²) in [6, 6.07) is 0. The highest BCUT2D eigenvalue weighted by molar-refractivity contribution is 6.33. The van der Waals surface area contributed by atoms with E-state index < -0.39 is 0 Å². The van der Waals surface area contributed by atoms with Gasteiger partial charge in [-0.15, -0.1) is 0 Å². The number of hydrogen-bond donors (Lipinski definition) is 1. The van der Waals surface area contributed by atoms with Gasteiger partial charge in [-0.3, -0.25) is 9.59 Å². The van der Waals surface area contributed by atoms with Gasteiger partial charge < -0.3 is 10.6 Å². The number of nitrogens with two attached hydrogens (primary N) is 1. The van der Waals surface area contributed by atoms with E-state index in [0.717, 1.165) is 0 Å². The maximum atomic E-state index is 11.7. The van der Waals surface area contributed by atoms with Crippen molar-refractivity contribution in [3.05, 3.63) is 21.6 Å². The van der Waals surface area contributed by atoms with Crippen LogP contribution in [0.4, 0.5) is 5.69 Å². The van der Waals surface area contributed by atoms with Crippen LogP contribution in [0, 0.1) is 5.92 Å². The molecule has 1 aromatic heterocycles. The lowest BCUT2D eigenvalue weighted by Gasteiger charge is -2.32. The fourth-order valence-electron chi connectivity index (χ4n) is 2.13. The van der Waals surface area contributed by atoms with Crippen LogP contribution in [0.3, 0.4) is 0 Å². The van der Waals surface area contributed by atoms with Crippen LogP contribution >= 0.6 is 11.6 Å². The molecule has 2 rings (SSSR count). The molecule has 0 unspecified atom stereocenters. The third kappa shape index (κ3) is 2.33. The number of carbonyl (C=O) groups excluding carboxylic acids is 1. The highest BCUT2D eigenvalue weighted by Crippen LogP contribution is 2.26. The van der Waals surface area contributed by atoms with E-state index in [0.29, 0.717) is 31.6 Å². The predicted octanol–water partition coefficient (Wildman–Crippen LogP) is 0.135. The quantitative estimate of drug-likeness (QED) is 0.829. The average molecular weight is 271 g/mol. The summed E-state index contributed by atoms with van der Waals surface area (Å²) in [6.07, 6.45) is 2.94. The summed E-state index contributed by atoms with van der Waals surface area (Å²) in [5.74, 6) is -0.345. The zero-order valence-electron chi connectivity index (χ0n) is 10.1. The number of amides is 1. The highest BCUT2D eigenvalue weighted by atomic mass is 35.5. The lowest BCUT2D eigenvalue weighted by atomic mass is 9.96. The van der Waals surface area contributed by atoms with Crippen molar-refractivity contribution in [1.29, 1.82) is 0 Å². The molecule has 2 N–H and O–H groups in total. The molecule has 0 radical (unpaired) electrons. The molecule has 0 saturated carbocycles. The van der Waals surface area contributed by atoms with Crippen LogP contribution in [-0.2, 0) is 11.8 Å². The summed E-state index contributed by atoms with van der Waals surface area (Å²) in [5, 5.41) is 4.13. The average Bonchev–Trinajstić information content (AvgIpc) is 2.36. The van der Waals surface area contributed by atoms with E-state index >= 15 is 0 Å². The Balaban J connectivity index is 2.18. The van der Waals surface area contributed by atoms with Gasteiger partial charge in [-0.2, -0.15) is 5.10 Å². The van der Waals surface area contributed by atoms with Gasteiger partial charge >= 0.3 is 0 Å². The summed E-state index contributed by atoms with van der Waals surface area (Å²) in [5.41, 5.74) is 5.59. The van der Waals surface area contributed by atoms with E-state index in [1.54, 1.807) is 13.2 Å². The van der Waals surface area contributed by atoms with Gasteiger partial charge in [-0.05, 0) is 12.8 Å². The molecule has 1 amide bonds. The number of aromatic nitrogens is 2. The summed E-state index contributed by atoms with van der Waals surface area (Å²) in [4.78, 5) is 24.7. The molecule has 0 bridgehead atoms. The number of aryl methyl sites for hydroxylation is 1. The van der Waals surface area contributed by atoms with Crippen molar-refractivity contribution in [3.8, 4) is 0 Å². The molecule has 18 heavy (non-hydrogen) atoms. The van der Waals surface area contributed by atoms with Crippen molar-refractivity contribution < 1.29 is 4.79 Å². The molecule has 0 aromatic carbocycles. The van der Waals surface area contributed by atoms with Crippen LogP contribution in [-0.4, -0.2) is 28.8 Å². The first-order valence-corrected chi connectivity index (χ1v) is 6.14. The number of hydrogen-bond acceptors (Lipinski definition) is 4. The van der Waals surface area contributed by atoms with Crippen LogP contribution in [0.5, 0.6) is 0 Å². The standard InChI is InChI=1S/C11H15ClN4O2/c1-15-11(18)9(12)8(6-14-15)16-4-2-7(3-5-16)10(13)17/h6-7H,2-5H2,1H3,(H2,13,17). The summed E-state index contributed by atoms with van der Waals surface area (Å²) in [6.45, 7) is 1.31. The topological polar surface area (TPSA) is 81.2 Å². The molecule has 2 heterocycles. The van der Waals surface area contributed by atoms with Gasteiger partial charge in [0, 0.05) is 26.1 Å². The fourth-order valence-corrected chi connectivity index (χ4v) is 2.42. The van der Waals surface area contributed by atoms with E-state index in [9.17, 15) is 9.59 Å². The van der Waals surface area contributed by atoms with Crippen LogP contribution < -0.4 is 16.2 Å². The first kappa shape index (κ1) is 12.9. The van der Waals surface area contributed by atoms with Crippen LogP contribution in [0.15, 0.2) is 11.0 Å². The van der Waals surface area contributed by atoms with Gasteiger partial charge in [-0.1, -0.05) is 11.6 Å². The SMILES string of the molecule is Cn1ncc(N2CCC(C(N)=O)CC2)c(Cl)c1=O. The lowest BCUT2D eigenvalue weighted by Crippen LogP contribution is -2.39. The Kier molecular flexibility index (Phi) is 3.56. The molecule has 0 aliphatic carbocycles. The Morgan fingerprint density at radius 2 is 2.11 bits per heavy atom. The molecule has 1 aliphatic rings. The Morgan fingerprint density at radius 1 is 1.50 bits per heavy atom. The van der Waals surface area contributed by atoms with E-state index in [4.69, 9.17) is 17.3 Å². The van der Waals surface area contributed by atoms with Crippen molar-refractivity contribution in [2.24, 2.45) is 18.7 Å². The summed E-state index contributed by atoms with van der Waals surface area (Å²) >= 11 is 6.02. The number of primary amides is 1. The smallest absolute Gasteiger partial charge is 0.287 e. The number of piperidine rings is 1. The van der Waals surface area contributed by atoms with E-state index in [1.165, 1.54) is 4.68 Å². The molecule has 1 fully saturated rings. The second-order valence-electron chi connectivity index (χ2n) is 4.44. The number of halogens is 1. The third-order valence-corrected chi connectivity index (χ3v) is 3.65. The fraction of sp³-hybridized carbons (Fsp3) is 0.545. The zero-order chi connectivity index (χ0) is 13.3. The number of rotatable bonds is 2. The highest BCUT2D eigenvalue weighted by Gasteiger charge is 2.25. The zero-order valence-corrected chi connectivity index (χ0v) is 10.9. The van der Waals surface area contributed by atoms with Crippen molar-refractivity contribution in [2.75, 3.05) is 18.0 Å². The normalized spacial score (nSPS) is 16.9. The van der Waals surface area contributed by atoms with Gasteiger partial charge in [0.1, 0.15) is 5.02 Å². The molecule has 1 saturated heterocycles. The molecular weight excluding hydrogens is 256 g/mol. The maximum Gasteiger partial charge on any atom is 0.287 e. The minimum Gasteiger partial charge on any atom is -0.369 e. The summed E-state index contributed by atoms with van der Waals surface area (Å²) in [7, 11) is 1.55. The number of nitrogens with zero attached hydrogens (tertiary/aromatic N) is 3. The van der Waals surface area contributed by atoms with Crippen molar-refractivity contribution in [3.63, 3.8) is 0 Å². The lowest BCUT2D eigenvalue weighted by molar-refractivity contribution is -0.122. The molecule has 1 aliphatic heterocycles. The molecule has 98 valence electrons. The minimum atomic E-state index is -0.314. The van der Waals surface area contributed by atoms with E-state index in [-0.39, 0.29) is 22.4 Å². The molecule has 7 heteroatoms. The molecule has 1 aromatic rings. The Hall–Kier alpha value is -1.56. The first-order valence-electron chi connectivity index (χ1n) is 5.76. The molecule has 6 nitrogen and oxygen atoms in total. The van der Waals surface area contributed by atoms with Gasteiger partial charge in [0.2, 0.25) is 5.91 Å². The molecular formula is C11H15ClN4O2. The Labute approximate surface area is 109 Å². The second-order valence-corrected chi connectivity index (χ2v) is 4.81. The van der Waals surface area contributed by atoms with E-state index in [1.807, 2.05) is 4.90 Å². The van der Waals surface area contributed by atoms with Gasteiger partial charge in [0.15, 0.2) is 0 Å². The van der Waals surface area contributed by atoms with Crippen LogP contribution in [0.2, 0.25) is 5.02 Å². The Bertz CT molecular complexity index is 520. The minimum absolute atomic E-state index is 0.0838. The third-order valence-electron chi connectivity index (χ3n) is 3.30. The largest absolute Gasteiger partial charge is 0.369 e. The summed E-state index contributed by atoms with van der Waals surface area (Å²) < 4.78 is 1.20. The number of anilines is 1. The number of carbonyl (C=O) groups is 1. The second kappa shape index (κ2) is 4.97. The van der Waals surface area contributed by atoms with Crippen molar-refractivity contribution >= 4 is 23.2 Å². The monoisotopic (exact) mass is 270 g/mol. The van der Waals surface area contributed by atoms with E-state index in [2.05, 4.69) is 5.10 Å². The van der Waals surface area contributed by atoms with Crippen molar-refractivity contribution in [1.82, 2.24) is 9.78 Å².